The van der Waals surface area contributed by atoms with E-state index in [9.17, 15) is 13.2 Å². The van der Waals surface area contributed by atoms with Crippen molar-refractivity contribution in [1.29, 1.82) is 0 Å². The molecule has 2 N–H and O–H groups in total. The van der Waals surface area contributed by atoms with Crippen molar-refractivity contribution >= 4 is 28.3 Å². The van der Waals surface area contributed by atoms with Crippen LogP contribution < -0.4 is 5.73 Å². The van der Waals surface area contributed by atoms with Gasteiger partial charge in [0.1, 0.15) is 0 Å². The number of nitrogens with two attached hydrogens (primary N) is 1. The molecule has 2 rings (SSSR count). The van der Waals surface area contributed by atoms with E-state index in [0.29, 0.717) is 39.0 Å². The lowest BCUT2D eigenvalue weighted by molar-refractivity contribution is -0.132. The van der Waals surface area contributed by atoms with Crippen molar-refractivity contribution < 1.29 is 13.2 Å². The van der Waals surface area contributed by atoms with E-state index < -0.39 is 16.1 Å². The van der Waals surface area contributed by atoms with Crippen molar-refractivity contribution in [3.8, 4) is 0 Å². The third kappa shape index (κ3) is 5.76. The van der Waals surface area contributed by atoms with Crippen molar-refractivity contribution in [1.82, 2.24) is 9.21 Å². The van der Waals surface area contributed by atoms with Gasteiger partial charge in [0.05, 0.1) is 12.3 Å². The van der Waals surface area contributed by atoms with Crippen LogP contribution in [0.4, 0.5) is 0 Å². The summed E-state index contributed by atoms with van der Waals surface area (Å²) in [7, 11) is -3.20. The lowest BCUT2D eigenvalue weighted by Crippen LogP contribution is -2.46. The van der Waals surface area contributed by atoms with Gasteiger partial charge in [0.2, 0.25) is 15.9 Å². The Morgan fingerprint density at radius 2 is 1.83 bits per heavy atom. The van der Waals surface area contributed by atoms with Crippen molar-refractivity contribution in [2.24, 2.45) is 5.73 Å². The average molecular weight is 362 g/mol. The first-order valence-electron chi connectivity index (χ1n) is 7.41. The predicted octanol–water partition coefficient (Wildman–Crippen LogP) is 0.472. The molecule has 1 atom stereocenters. The van der Waals surface area contributed by atoms with E-state index in [1.165, 1.54) is 10.6 Å². The fourth-order valence-electron chi connectivity index (χ4n) is 2.64. The molecule has 1 fully saturated rings. The summed E-state index contributed by atoms with van der Waals surface area (Å²) < 4.78 is 24.6. The van der Waals surface area contributed by atoms with Gasteiger partial charge in [-0.2, -0.15) is 0 Å². The summed E-state index contributed by atoms with van der Waals surface area (Å²) in [6, 6.07) is 9.06. The molecule has 1 aliphatic heterocycles. The van der Waals surface area contributed by atoms with Crippen LogP contribution in [0.15, 0.2) is 30.3 Å². The third-order valence-corrected chi connectivity index (χ3v) is 5.15. The van der Waals surface area contributed by atoms with Gasteiger partial charge >= 0.3 is 0 Å². The molecule has 130 valence electrons. The maximum absolute atomic E-state index is 12.4. The molecule has 23 heavy (non-hydrogen) atoms. The van der Waals surface area contributed by atoms with E-state index in [2.05, 4.69) is 0 Å². The molecular formula is C15H24ClN3O3S. The summed E-state index contributed by atoms with van der Waals surface area (Å²) in [6.07, 6.45) is 2.33. The first-order chi connectivity index (χ1) is 10.4. The summed E-state index contributed by atoms with van der Waals surface area (Å²) in [6.45, 7) is 1.74. The SMILES string of the molecule is CS(=O)(=O)N1CCCN(C(=O)C(N)Cc2ccccc2)CC1.Cl. The van der Waals surface area contributed by atoms with Gasteiger partial charge < -0.3 is 10.6 Å². The second-order valence-corrected chi connectivity index (χ2v) is 7.62. The largest absolute Gasteiger partial charge is 0.340 e. The first-order valence-corrected chi connectivity index (χ1v) is 9.26. The van der Waals surface area contributed by atoms with Crippen LogP contribution in [0, 0.1) is 0 Å². The van der Waals surface area contributed by atoms with E-state index in [0.717, 1.165) is 5.56 Å². The molecule has 0 bridgehead atoms. The highest BCUT2D eigenvalue weighted by Gasteiger charge is 2.26. The predicted molar refractivity (Wildman–Crippen MR) is 93.0 cm³/mol. The Bertz CT molecular complexity index is 610. The minimum Gasteiger partial charge on any atom is -0.340 e. The van der Waals surface area contributed by atoms with Crippen molar-refractivity contribution in [3.63, 3.8) is 0 Å². The molecule has 1 heterocycles. The summed E-state index contributed by atoms with van der Waals surface area (Å²) in [5.41, 5.74) is 7.05. The Labute approximate surface area is 144 Å². The van der Waals surface area contributed by atoms with E-state index in [1.54, 1.807) is 4.90 Å². The van der Waals surface area contributed by atoms with E-state index in [-0.39, 0.29) is 18.3 Å². The molecule has 6 nitrogen and oxygen atoms in total. The quantitative estimate of drug-likeness (QED) is 0.845. The van der Waals surface area contributed by atoms with Crippen LogP contribution >= 0.6 is 12.4 Å². The molecule has 0 aliphatic carbocycles. The van der Waals surface area contributed by atoms with Crippen LogP contribution in [0.3, 0.4) is 0 Å². The van der Waals surface area contributed by atoms with Gasteiger partial charge in [-0.1, -0.05) is 30.3 Å². The lowest BCUT2D eigenvalue weighted by Gasteiger charge is -2.24. The zero-order valence-electron chi connectivity index (χ0n) is 13.2. The number of halogens is 1. The van der Waals surface area contributed by atoms with Crippen molar-refractivity contribution in [3.05, 3.63) is 35.9 Å². The summed E-state index contributed by atoms with van der Waals surface area (Å²) in [5.74, 6) is -0.112. The number of amides is 1. The molecule has 1 aromatic rings. The monoisotopic (exact) mass is 361 g/mol. The van der Waals surface area contributed by atoms with Gasteiger partial charge in [-0.3, -0.25) is 4.79 Å². The summed E-state index contributed by atoms with van der Waals surface area (Å²) >= 11 is 0. The maximum Gasteiger partial charge on any atom is 0.239 e. The third-order valence-electron chi connectivity index (χ3n) is 3.85. The molecular weight excluding hydrogens is 338 g/mol. The molecule has 8 heteroatoms. The molecule has 0 spiro atoms. The number of benzene rings is 1. The highest BCUT2D eigenvalue weighted by Crippen LogP contribution is 2.10. The maximum atomic E-state index is 12.4. The summed E-state index contributed by atoms with van der Waals surface area (Å²) in [5, 5.41) is 0. The molecule has 1 amide bonds. The number of rotatable bonds is 4. The molecule has 0 saturated carbocycles. The van der Waals surface area contributed by atoms with Gasteiger partial charge in [0, 0.05) is 26.2 Å². The van der Waals surface area contributed by atoms with Gasteiger partial charge in [-0.25, -0.2) is 12.7 Å². The van der Waals surface area contributed by atoms with E-state index >= 15 is 0 Å². The Hall–Kier alpha value is -1.15. The molecule has 1 saturated heterocycles. The Balaban J connectivity index is 0.00000264. The standard InChI is InChI=1S/C15H23N3O3S.ClH/c1-22(20,21)18-9-5-8-17(10-11-18)15(19)14(16)12-13-6-3-2-4-7-13;/h2-4,6-7,14H,5,8-12,16H2,1H3;1H. The van der Waals surface area contributed by atoms with Gasteiger partial charge in [-0.05, 0) is 18.4 Å². The first kappa shape index (κ1) is 19.9. The van der Waals surface area contributed by atoms with Gasteiger partial charge in [-0.15, -0.1) is 12.4 Å². The van der Waals surface area contributed by atoms with Crippen LogP contribution in [0.5, 0.6) is 0 Å². The number of sulfonamides is 1. The Kier molecular flexibility index (Phi) is 7.47. The number of nitrogens with zero attached hydrogens (tertiary/aromatic N) is 2. The fraction of sp³-hybridized carbons (Fsp3) is 0.533. The van der Waals surface area contributed by atoms with E-state index in [4.69, 9.17) is 5.73 Å². The van der Waals surface area contributed by atoms with Gasteiger partial charge in [0.25, 0.3) is 0 Å². The van der Waals surface area contributed by atoms with Crippen LogP contribution in [0.25, 0.3) is 0 Å². The molecule has 0 aromatic heterocycles. The number of carbonyl (C=O) groups excluding carboxylic acids is 1. The highest BCUT2D eigenvalue weighted by atomic mass is 35.5. The zero-order valence-corrected chi connectivity index (χ0v) is 14.9. The topological polar surface area (TPSA) is 83.7 Å². The smallest absolute Gasteiger partial charge is 0.239 e. The molecule has 1 unspecified atom stereocenters. The minimum atomic E-state index is -3.20. The van der Waals surface area contributed by atoms with Crippen molar-refractivity contribution in [2.45, 2.75) is 18.9 Å². The van der Waals surface area contributed by atoms with Gasteiger partial charge in [0.15, 0.2) is 0 Å². The molecule has 1 aromatic carbocycles. The van der Waals surface area contributed by atoms with Crippen LogP contribution in [-0.4, -0.2) is 62.0 Å². The highest BCUT2D eigenvalue weighted by molar-refractivity contribution is 7.88. The Morgan fingerprint density at radius 1 is 1.17 bits per heavy atom. The Morgan fingerprint density at radius 3 is 2.43 bits per heavy atom. The van der Waals surface area contributed by atoms with E-state index in [1.807, 2.05) is 30.3 Å². The average Bonchev–Trinajstić information content (AvgIpc) is 2.73. The minimum absolute atomic E-state index is 0. The fourth-order valence-corrected chi connectivity index (χ4v) is 3.51. The van der Waals surface area contributed by atoms with Crippen LogP contribution in [0.2, 0.25) is 0 Å². The van der Waals surface area contributed by atoms with Crippen LogP contribution in [-0.2, 0) is 21.2 Å². The molecule has 1 aliphatic rings. The second kappa shape index (κ2) is 8.63. The second-order valence-electron chi connectivity index (χ2n) is 5.64. The molecule has 0 radical (unpaired) electrons. The number of hydrogen-bond donors (Lipinski definition) is 1. The summed E-state index contributed by atoms with van der Waals surface area (Å²) in [4.78, 5) is 14.1. The number of hydrogen-bond acceptors (Lipinski definition) is 4. The van der Waals surface area contributed by atoms with Crippen LogP contribution in [0.1, 0.15) is 12.0 Å². The normalized spacial score (nSPS) is 17.9. The lowest BCUT2D eigenvalue weighted by atomic mass is 10.1. The zero-order chi connectivity index (χ0) is 16.2. The number of carbonyl (C=O) groups is 1. The van der Waals surface area contributed by atoms with Crippen molar-refractivity contribution in [2.75, 3.05) is 32.4 Å².